The predicted molar refractivity (Wildman–Crippen MR) is 104 cm³/mol. The smallest absolute Gasteiger partial charge is 0.123 e. The normalized spacial score (nSPS) is 16.7. The van der Waals surface area contributed by atoms with Gasteiger partial charge in [-0.25, -0.2) is 4.39 Å². The summed E-state index contributed by atoms with van der Waals surface area (Å²) < 4.78 is 13.3. The first-order valence-electron chi connectivity index (χ1n) is 8.04. The first kappa shape index (κ1) is 16.4. The molecule has 0 fully saturated rings. The van der Waals surface area contributed by atoms with Crippen LogP contribution in [0.15, 0.2) is 82.7 Å². The summed E-state index contributed by atoms with van der Waals surface area (Å²) in [6, 6.07) is 22.7. The highest BCUT2D eigenvalue weighted by molar-refractivity contribution is 7.99. The Balaban J connectivity index is 1.78. The molecule has 1 aliphatic rings. The number of hydrogen-bond donors (Lipinski definition) is 0. The van der Waals surface area contributed by atoms with Gasteiger partial charge in [-0.2, -0.15) is 0 Å². The third kappa shape index (κ3) is 3.63. The van der Waals surface area contributed by atoms with Gasteiger partial charge in [0.25, 0.3) is 0 Å². The van der Waals surface area contributed by atoms with E-state index < -0.39 is 0 Å². The molecule has 1 nitrogen and oxygen atoms in total. The Hall–Kier alpha value is -2.10. The monoisotopic (exact) mass is 367 g/mol. The van der Waals surface area contributed by atoms with E-state index in [1.54, 1.807) is 23.9 Å². The summed E-state index contributed by atoms with van der Waals surface area (Å²) in [5, 5.41) is 0.958. The highest BCUT2D eigenvalue weighted by Gasteiger charge is 2.22. The third-order valence-electron chi connectivity index (χ3n) is 4.19. The Kier molecular flexibility index (Phi) is 4.60. The molecule has 0 N–H and O–H groups in total. The van der Waals surface area contributed by atoms with E-state index in [0.717, 1.165) is 33.3 Å². The van der Waals surface area contributed by atoms with E-state index in [1.807, 2.05) is 30.3 Å². The molecule has 3 aromatic rings. The molecular weight excluding hydrogens is 353 g/mol. The van der Waals surface area contributed by atoms with E-state index >= 15 is 0 Å². The molecule has 0 unspecified atom stereocenters. The third-order valence-corrected chi connectivity index (χ3v) is 5.76. The van der Waals surface area contributed by atoms with E-state index in [0.29, 0.717) is 0 Å². The first-order chi connectivity index (χ1) is 12.2. The van der Waals surface area contributed by atoms with Gasteiger partial charge in [0, 0.05) is 27.3 Å². The lowest BCUT2D eigenvalue weighted by atomic mass is 10.0. The molecule has 0 saturated heterocycles. The van der Waals surface area contributed by atoms with Gasteiger partial charge >= 0.3 is 0 Å². The first-order valence-corrected chi connectivity index (χ1v) is 9.29. The van der Waals surface area contributed by atoms with Crippen LogP contribution in [0.4, 0.5) is 10.1 Å². The maximum absolute atomic E-state index is 13.3. The number of benzene rings is 3. The molecule has 0 aliphatic carbocycles. The van der Waals surface area contributed by atoms with Crippen LogP contribution < -0.4 is 0 Å². The molecule has 3 aromatic carbocycles. The fraction of sp³-hybridized carbons (Fsp3) is 0.0952. The summed E-state index contributed by atoms with van der Waals surface area (Å²) in [6.07, 6.45) is 0.770. The van der Waals surface area contributed by atoms with Crippen molar-refractivity contribution in [3.05, 3.63) is 94.8 Å². The van der Waals surface area contributed by atoms with E-state index in [4.69, 9.17) is 16.6 Å². The molecule has 0 spiro atoms. The van der Waals surface area contributed by atoms with Crippen molar-refractivity contribution in [3.8, 4) is 0 Å². The molecule has 0 saturated carbocycles. The Labute approximate surface area is 155 Å². The number of para-hydroxylation sites is 1. The SMILES string of the molecule is Fc1ccc(C2=Nc3ccccc3S[C@H](c3ccc(Cl)cc3)C2)cc1. The Morgan fingerprint density at radius 3 is 2.40 bits per heavy atom. The number of aliphatic imine (C=N–C) groups is 1. The van der Waals surface area contributed by atoms with Crippen molar-refractivity contribution >= 4 is 34.8 Å². The molecule has 0 amide bonds. The van der Waals surface area contributed by atoms with Crippen molar-refractivity contribution in [2.24, 2.45) is 4.99 Å². The molecule has 4 heteroatoms. The lowest BCUT2D eigenvalue weighted by Crippen LogP contribution is -2.05. The van der Waals surface area contributed by atoms with Gasteiger partial charge in [-0.3, -0.25) is 4.99 Å². The average molecular weight is 368 g/mol. The standard InChI is InChI=1S/C21H15ClFNS/c22-16-9-5-15(6-10-16)21-13-19(14-7-11-17(23)12-8-14)24-18-3-1-2-4-20(18)25-21/h1-12,21H,13H2/t21-/m0/s1. The Morgan fingerprint density at radius 1 is 0.920 bits per heavy atom. The van der Waals surface area contributed by atoms with Crippen molar-refractivity contribution in [2.45, 2.75) is 16.6 Å². The minimum absolute atomic E-state index is 0.227. The fourth-order valence-electron chi connectivity index (χ4n) is 2.90. The fourth-order valence-corrected chi connectivity index (χ4v) is 4.26. The van der Waals surface area contributed by atoms with Gasteiger partial charge in [0.05, 0.1) is 5.69 Å². The van der Waals surface area contributed by atoms with Crippen LogP contribution in [0.3, 0.4) is 0 Å². The molecule has 4 rings (SSSR count). The summed E-state index contributed by atoms with van der Waals surface area (Å²) in [4.78, 5) is 6.03. The van der Waals surface area contributed by atoms with Crippen molar-refractivity contribution in [2.75, 3.05) is 0 Å². The molecule has 0 bridgehead atoms. The van der Waals surface area contributed by atoms with Gasteiger partial charge < -0.3 is 0 Å². The van der Waals surface area contributed by atoms with Crippen LogP contribution in [0.1, 0.15) is 22.8 Å². The van der Waals surface area contributed by atoms with Crippen LogP contribution in [-0.2, 0) is 0 Å². The van der Waals surface area contributed by atoms with E-state index in [1.165, 1.54) is 17.7 Å². The zero-order valence-corrected chi connectivity index (χ0v) is 14.9. The minimum Gasteiger partial charge on any atom is -0.252 e. The molecule has 124 valence electrons. The van der Waals surface area contributed by atoms with Gasteiger partial charge in [-0.1, -0.05) is 48.0 Å². The van der Waals surface area contributed by atoms with Crippen LogP contribution in [0.2, 0.25) is 5.02 Å². The Bertz CT molecular complexity index is 919. The number of hydrogen-bond acceptors (Lipinski definition) is 2. The van der Waals surface area contributed by atoms with E-state index in [9.17, 15) is 4.39 Å². The van der Waals surface area contributed by atoms with Crippen LogP contribution >= 0.6 is 23.4 Å². The summed E-state index contributed by atoms with van der Waals surface area (Å²) in [6.45, 7) is 0. The molecule has 0 aromatic heterocycles. The largest absolute Gasteiger partial charge is 0.252 e. The number of thioether (sulfide) groups is 1. The molecule has 25 heavy (non-hydrogen) atoms. The van der Waals surface area contributed by atoms with E-state index in [-0.39, 0.29) is 11.1 Å². The zero-order valence-electron chi connectivity index (χ0n) is 13.3. The summed E-state index contributed by atoms with van der Waals surface area (Å²) in [5.74, 6) is -0.234. The van der Waals surface area contributed by atoms with Gasteiger partial charge in [-0.15, -0.1) is 11.8 Å². The summed E-state index contributed by atoms with van der Waals surface area (Å²) in [7, 11) is 0. The van der Waals surface area contributed by atoms with Crippen LogP contribution in [0, 0.1) is 5.82 Å². The second-order valence-corrected chi connectivity index (χ2v) is 7.58. The Morgan fingerprint density at radius 2 is 1.64 bits per heavy atom. The topological polar surface area (TPSA) is 12.4 Å². The van der Waals surface area contributed by atoms with Gasteiger partial charge in [0.2, 0.25) is 0 Å². The zero-order chi connectivity index (χ0) is 17.2. The second-order valence-electron chi connectivity index (χ2n) is 5.90. The maximum Gasteiger partial charge on any atom is 0.123 e. The highest BCUT2D eigenvalue weighted by Crippen LogP contribution is 2.45. The van der Waals surface area contributed by atoms with Crippen molar-refractivity contribution in [1.29, 1.82) is 0 Å². The van der Waals surface area contributed by atoms with Crippen molar-refractivity contribution in [1.82, 2.24) is 0 Å². The second kappa shape index (κ2) is 7.03. The minimum atomic E-state index is -0.234. The van der Waals surface area contributed by atoms with E-state index in [2.05, 4.69) is 18.2 Å². The molecule has 1 heterocycles. The van der Waals surface area contributed by atoms with Gasteiger partial charge in [0.15, 0.2) is 0 Å². The van der Waals surface area contributed by atoms with Crippen LogP contribution in [0.25, 0.3) is 0 Å². The number of fused-ring (bicyclic) bond motifs is 1. The number of halogens is 2. The predicted octanol–water partition coefficient (Wildman–Crippen LogP) is 6.84. The van der Waals surface area contributed by atoms with Gasteiger partial charge in [-0.05, 0) is 47.5 Å². The molecule has 1 atom stereocenters. The lowest BCUT2D eigenvalue weighted by Gasteiger charge is -2.16. The quantitative estimate of drug-likeness (QED) is 0.483. The van der Waals surface area contributed by atoms with Crippen LogP contribution in [0.5, 0.6) is 0 Å². The van der Waals surface area contributed by atoms with Crippen molar-refractivity contribution in [3.63, 3.8) is 0 Å². The average Bonchev–Trinajstić information content (AvgIpc) is 2.82. The maximum atomic E-state index is 13.3. The van der Waals surface area contributed by atoms with Crippen LogP contribution in [-0.4, -0.2) is 5.71 Å². The molecule has 0 radical (unpaired) electrons. The molecule has 1 aliphatic heterocycles. The molecular formula is C21H15ClFNS. The highest BCUT2D eigenvalue weighted by atomic mass is 35.5. The summed E-state index contributed by atoms with van der Waals surface area (Å²) >= 11 is 7.84. The van der Waals surface area contributed by atoms with Gasteiger partial charge in [0.1, 0.15) is 5.82 Å². The summed E-state index contributed by atoms with van der Waals surface area (Å²) in [5.41, 5.74) is 4.10. The number of nitrogens with zero attached hydrogens (tertiary/aromatic N) is 1. The number of rotatable bonds is 2. The van der Waals surface area contributed by atoms with Crippen molar-refractivity contribution < 1.29 is 4.39 Å². The lowest BCUT2D eigenvalue weighted by molar-refractivity contribution is 0.627.